The summed E-state index contributed by atoms with van der Waals surface area (Å²) in [4.78, 5) is 28.9. The lowest BCUT2D eigenvalue weighted by atomic mass is 9.99. The summed E-state index contributed by atoms with van der Waals surface area (Å²) >= 11 is 0. The lowest BCUT2D eigenvalue weighted by Gasteiger charge is -2.24. The highest BCUT2D eigenvalue weighted by atomic mass is 32.2. The van der Waals surface area contributed by atoms with Crippen LogP contribution in [0.5, 0.6) is 5.88 Å². The number of aromatic hydroxyl groups is 1. The van der Waals surface area contributed by atoms with Gasteiger partial charge in [0.15, 0.2) is 4.90 Å². The molecule has 1 aromatic heterocycles. The standard InChI is InChI=1S/C31H30N4O7S/c1-19(2)42-18-27-34-30(37)28(31(38)35(27)26(17-41-3)22-8-6-7-20(15-22)16-32)43(39,40)23-13-11-21(12-14-23)24-9-4-5-10-25(24)29(33)36/h4-15,19,26,37H,17-18H2,1-3H3,(H2,33,36)/t26-/m0/s1. The Morgan fingerprint density at radius 2 is 1.79 bits per heavy atom. The number of aromatic nitrogens is 2. The minimum Gasteiger partial charge on any atom is -0.492 e. The second kappa shape index (κ2) is 13.0. The van der Waals surface area contributed by atoms with E-state index in [0.29, 0.717) is 22.3 Å². The van der Waals surface area contributed by atoms with Crippen molar-refractivity contribution in [3.63, 3.8) is 0 Å². The third-order valence-corrected chi connectivity index (χ3v) is 8.44. The number of nitrogens with two attached hydrogens (primary N) is 1. The summed E-state index contributed by atoms with van der Waals surface area (Å²) < 4.78 is 39.9. The van der Waals surface area contributed by atoms with E-state index in [9.17, 15) is 28.4 Å². The molecule has 0 aliphatic carbocycles. The maximum atomic E-state index is 14.1. The number of primary amides is 1. The number of hydrogen-bond donors (Lipinski definition) is 2. The Kier molecular flexibility index (Phi) is 9.40. The third-order valence-electron chi connectivity index (χ3n) is 6.65. The molecule has 0 radical (unpaired) electrons. The number of hydrogen-bond acceptors (Lipinski definition) is 9. The number of nitrogens with zero attached hydrogens (tertiary/aromatic N) is 3. The van der Waals surface area contributed by atoms with Gasteiger partial charge in [0.05, 0.1) is 35.3 Å². The summed E-state index contributed by atoms with van der Waals surface area (Å²) in [5, 5.41) is 20.3. The number of benzene rings is 3. The summed E-state index contributed by atoms with van der Waals surface area (Å²) in [6.45, 7) is 3.25. The first-order chi connectivity index (χ1) is 20.5. The van der Waals surface area contributed by atoms with Crippen molar-refractivity contribution in [1.82, 2.24) is 9.55 Å². The van der Waals surface area contributed by atoms with E-state index in [-0.39, 0.29) is 35.6 Å². The molecule has 0 bridgehead atoms. The number of amides is 1. The minimum absolute atomic E-state index is 0.0297. The Balaban J connectivity index is 1.90. The maximum absolute atomic E-state index is 14.1. The molecule has 1 amide bonds. The number of nitriles is 1. The van der Waals surface area contributed by atoms with Crippen molar-refractivity contribution in [2.75, 3.05) is 13.7 Å². The van der Waals surface area contributed by atoms with Gasteiger partial charge in [-0.15, -0.1) is 0 Å². The van der Waals surface area contributed by atoms with Crippen LogP contribution < -0.4 is 11.3 Å². The average Bonchev–Trinajstić information content (AvgIpc) is 2.99. The van der Waals surface area contributed by atoms with Gasteiger partial charge in [0.25, 0.3) is 5.56 Å². The highest BCUT2D eigenvalue weighted by Crippen LogP contribution is 2.30. The van der Waals surface area contributed by atoms with Gasteiger partial charge >= 0.3 is 0 Å². The van der Waals surface area contributed by atoms with E-state index in [4.69, 9.17) is 15.2 Å². The molecule has 0 saturated heterocycles. The van der Waals surface area contributed by atoms with E-state index < -0.39 is 38.1 Å². The summed E-state index contributed by atoms with van der Waals surface area (Å²) in [5.41, 5.74) is 6.54. The van der Waals surface area contributed by atoms with Crippen LogP contribution in [-0.4, -0.2) is 48.8 Å². The first-order valence-electron chi connectivity index (χ1n) is 13.2. The molecular weight excluding hydrogens is 572 g/mol. The molecule has 3 N–H and O–H groups in total. The summed E-state index contributed by atoms with van der Waals surface area (Å²) in [5.74, 6) is -1.65. The zero-order valence-electron chi connectivity index (χ0n) is 23.7. The van der Waals surface area contributed by atoms with Crippen LogP contribution in [-0.2, 0) is 25.9 Å². The number of sulfone groups is 1. The molecule has 0 saturated carbocycles. The fourth-order valence-corrected chi connectivity index (χ4v) is 5.97. The molecule has 3 aromatic carbocycles. The maximum Gasteiger partial charge on any atom is 0.277 e. The van der Waals surface area contributed by atoms with Crippen LogP contribution in [0.4, 0.5) is 0 Å². The summed E-state index contributed by atoms with van der Waals surface area (Å²) in [6.07, 6.45) is -0.267. The van der Waals surface area contributed by atoms with Crippen LogP contribution in [0.3, 0.4) is 0 Å². The molecule has 0 spiro atoms. The van der Waals surface area contributed by atoms with Gasteiger partial charge in [0, 0.05) is 12.7 Å². The first-order valence-corrected chi connectivity index (χ1v) is 14.7. The molecule has 12 heteroatoms. The van der Waals surface area contributed by atoms with Crippen LogP contribution in [0.2, 0.25) is 0 Å². The van der Waals surface area contributed by atoms with Crippen molar-refractivity contribution < 1.29 is 27.8 Å². The third kappa shape index (κ3) is 6.49. The van der Waals surface area contributed by atoms with Crippen LogP contribution >= 0.6 is 0 Å². The number of carbonyl (C=O) groups is 1. The molecule has 0 aliphatic rings. The molecule has 1 atom stereocenters. The monoisotopic (exact) mass is 602 g/mol. The largest absolute Gasteiger partial charge is 0.492 e. The molecule has 0 aliphatic heterocycles. The molecule has 0 fully saturated rings. The molecule has 43 heavy (non-hydrogen) atoms. The van der Waals surface area contributed by atoms with Gasteiger partial charge in [0.2, 0.25) is 21.6 Å². The van der Waals surface area contributed by atoms with E-state index >= 15 is 0 Å². The number of carbonyl (C=O) groups excluding carboxylic acids is 1. The lowest BCUT2D eigenvalue weighted by Crippen LogP contribution is -2.35. The predicted octanol–water partition coefficient (Wildman–Crippen LogP) is 3.58. The summed E-state index contributed by atoms with van der Waals surface area (Å²) in [6, 6.07) is 19.7. The Morgan fingerprint density at radius 3 is 2.42 bits per heavy atom. The van der Waals surface area contributed by atoms with Crippen LogP contribution in [0.15, 0.2) is 87.4 Å². The predicted molar refractivity (Wildman–Crippen MR) is 157 cm³/mol. The van der Waals surface area contributed by atoms with Gasteiger partial charge in [-0.05, 0) is 60.9 Å². The molecule has 222 valence electrons. The zero-order chi connectivity index (χ0) is 31.3. The number of rotatable bonds is 11. The van der Waals surface area contributed by atoms with Gasteiger partial charge in [-0.25, -0.2) is 8.42 Å². The SMILES string of the molecule is COC[C@@H](c1cccc(C#N)c1)n1c(COC(C)C)nc(O)c(S(=O)(=O)c2ccc(-c3ccccc3C(N)=O)cc2)c1=O. The smallest absolute Gasteiger partial charge is 0.277 e. The second-order valence-electron chi connectivity index (χ2n) is 9.86. The highest BCUT2D eigenvalue weighted by Gasteiger charge is 2.32. The Labute approximate surface area is 248 Å². The van der Waals surface area contributed by atoms with Crippen molar-refractivity contribution >= 4 is 15.7 Å². The Morgan fingerprint density at radius 1 is 1.09 bits per heavy atom. The molecule has 4 rings (SSSR count). The van der Waals surface area contributed by atoms with Crippen molar-refractivity contribution in [3.8, 4) is 23.1 Å². The lowest BCUT2D eigenvalue weighted by molar-refractivity contribution is 0.0557. The number of ether oxygens (including phenoxy) is 2. The Bertz CT molecular complexity index is 1860. The molecule has 0 unspecified atom stereocenters. The Hall–Kier alpha value is -4.83. The minimum atomic E-state index is -4.61. The van der Waals surface area contributed by atoms with E-state index in [1.807, 2.05) is 6.07 Å². The van der Waals surface area contributed by atoms with E-state index in [1.54, 1.807) is 62.4 Å². The normalized spacial score (nSPS) is 12.2. The van der Waals surface area contributed by atoms with Gasteiger partial charge in [-0.2, -0.15) is 10.2 Å². The van der Waals surface area contributed by atoms with E-state index in [1.165, 1.54) is 31.4 Å². The van der Waals surface area contributed by atoms with Crippen LogP contribution in [0, 0.1) is 11.3 Å². The average molecular weight is 603 g/mol. The van der Waals surface area contributed by atoms with Crippen molar-refractivity contribution in [3.05, 3.63) is 106 Å². The zero-order valence-corrected chi connectivity index (χ0v) is 24.5. The summed E-state index contributed by atoms with van der Waals surface area (Å²) in [7, 11) is -3.19. The van der Waals surface area contributed by atoms with Gasteiger partial charge in [0.1, 0.15) is 12.4 Å². The van der Waals surface area contributed by atoms with Crippen molar-refractivity contribution in [1.29, 1.82) is 5.26 Å². The van der Waals surface area contributed by atoms with Crippen molar-refractivity contribution in [2.24, 2.45) is 5.73 Å². The fraction of sp³-hybridized carbons (Fsp3) is 0.226. The fourth-order valence-electron chi connectivity index (χ4n) is 4.62. The van der Waals surface area contributed by atoms with Gasteiger partial charge < -0.3 is 20.3 Å². The molecule has 4 aromatic rings. The van der Waals surface area contributed by atoms with Crippen LogP contribution in [0.1, 0.15) is 47.2 Å². The van der Waals surface area contributed by atoms with E-state index in [0.717, 1.165) is 4.57 Å². The highest BCUT2D eigenvalue weighted by molar-refractivity contribution is 7.91. The molecule has 11 nitrogen and oxygen atoms in total. The molecule has 1 heterocycles. The topological polar surface area (TPSA) is 175 Å². The van der Waals surface area contributed by atoms with Gasteiger partial charge in [-0.3, -0.25) is 14.2 Å². The second-order valence-corrected chi connectivity index (χ2v) is 11.7. The van der Waals surface area contributed by atoms with Crippen molar-refractivity contribution in [2.45, 2.75) is 42.4 Å². The first kappa shape index (κ1) is 31.1. The number of methoxy groups -OCH3 is 1. The van der Waals surface area contributed by atoms with Gasteiger partial charge in [-0.1, -0.05) is 42.5 Å². The van der Waals surface area contributed by atoms with E-state index in [2.05, 4.69) is 4.98 Å². The molecular formula is C31H30N4O7S. The quantitative estimate of drug-likeness (QED) is 0.260. The van der Waals surface area contributed by atoms with Crippen LogP contribution in [0.25, 0.3) is 11.1 Å².